The second-order valence-corrected chi connectivity index (χ2v) is 25.8. The molecule has 6 amide bonds. The molecule has 0 bridgehead atoms. The van der Waals surface area contributed by atoms with Crippen LogP contribution in [-0.4, -0.2) is 298 Å². The Bertz CT molecular complexity index is 3400. The summed E-state index contributed by atoms with van der Waals surface area (Å²) in [6, 6.07) is 10.9. The van der Waals surface area contributed by atoms with Gasteiger partial charge in [0, 0.05) is 96.2 Å². The zero-order chi connectivity index (χ0) is 84.0. The number of hydrogen-bond donors (Lipinski definition) is 6. The first kappa shape index (κ1) is 94.5. The Balaban J connectivity index is 1.35. The number of carbonyl (C=O) groups is 15. The van der Waals surface area contributed by atoms with E-state index in [2.05, 4.69) is 31.9 Å². The molecule has 16 atom stereocenters. The van der Waals surface area contributed by atoms with Crippen molar-refractivity contribution < 1.29 is 162 Å². The lowest BCUT2D eigenvalue weighted by molar-refractivity contribution is -0.279. The Morgan fingerprint density at radius 2 is 0.719 bits per heavy atom. The first-order valence-electron chi connectivity index (χ1n) is 36.3. The minimum absolute atomic E-state index is 0.148. The van der Waals surface area contributed by atoms with Gasteiger partial charge in [0.05, 0.1) is 72.0 Å². The first-order chi connectivity index (χ1) is 54.2. The predicted octanol–water partition coefficient (Wildman–Crippen LogP) is -2.15. The molecular formula is C73H103N7O34. The number of esters is 9. The second-order valence-electron chi connectivity index (χ2n) is 25.8. The molecule has 0 aliphatic carbocycles. The van der Waals surface area contributed by atoms with Crippen LogP contribution in [0.1, 0.15) is 94.2 Å². The van der Waals surface area contributed by atoms with Crippen molar-refractivity contribution in [3.05, 3.63) is 65.7 Å². The van der Waals surface area contributed by atoms with Crippen molar-refractivity contribution in [3.8, 4) is 5.75 Å². The molecule has 3 aliphatic rings. The van der Waals surface area contributed by atoms with Gasteiger partial charge in [0.15, 0.2) is 55.5 Å². The number of ether oxygens (including phenoxy) is 19. The van der Waals surface area contributed by atoms with Crippen molar-refractivity contribution in [2.45, 2.75) is 194 Å². The number of nitrogens with one attached hydrogen (secondary N) is 6. The molecule has 0 aromatic heterocycles. The van der Waals surface area contributed by atoms with Crippen LogP contribution in [0, 0.1) is 0 Å². The van der Waals surface area contributed by atoms with Crippen LogP contribution in [0.25, 0.3) is 0 Å². The Labute approximate surface area is 656 Å². The van der Waals surface area contributed by atoms with Gasteiger partial charge in [-0.15, -0.1) is 0 Å². The molecule has 0 radical (unpaired) electrons. The molecule has 114 heavy (non-hydrogen) atoms. The summed E-state index contributed by atoms with van der Waals surface area (Å²) >= 11 is 0. The Morgan fingerprint density at radius 1 is 0.377 bits per heavy atom. The van der Waals surface area contributed by atoms with E-state index in [4.69, 9.17) is 90.0 Å². The average molecular weight is 1620 g/mol. The first-order valence-corrected chi connectivity index (χ1v) is 36.3. The molecule has 41 nitrogen and oxygen atoms in total. The molecule has 16 unspecified atom stereocenters. The van der Waals surface area contributed by atoms with E-state index in [1.807, 2.05) is 30.3 Å². The van der Waals surface area contributed by atoms with Gasteiger partial charge in [-0.05, 0) is 29.7 Å². The van der Waals surface area contributed by atoms with Gasteiger partial charge in [0.1, 0.15) is 75.3 Å². The van der Waals surface area contributed by atoms with E-state index in [0.717, 1.165) is 74.8 Å². The minimum atomic E-state index is -1.45. The Kier molecular flexibility index (Phi) is 41.0. The van der Waals surface area contributed by atoms with E-state index in [9.17, 15) is 71.9 Å². The van der Waals surface area contributed by atoms with Gasteiger partial charge in [-0.2, -0.15) is 0 Å². The van der Waals surface area contributed by atoms with E-state index in [1.54, 1.807) is 24.3 Å². The lowest BCUT2D eigenvalue weighted by Gasteiger charge is -2.44. The van der Waals surface area contributed by atoms with Crippen LogP contribution in [0.2, 0.25) is 0 Å². The third-order valence-corrected chi connectivity index (χ3v) is 16.3. The monoisotopic (exact) mass is 1620 g/mol. The summed E-state index contributed by atoms with van der Waals surface area (Å²) < 4.78 is 108. The second kappa shape index (κ2) is 49.5. The molecule has 5 rings (SSSR count). The fourth-order valence-electron chi connectivity index (χ4n) is 11.8. The minimum Gasteiger partial charge on any atom is -0.489 e. The fourth-order valence-corrected chi connectivity index (χ4v) is 11.8. The third kappa shape index (κ3) is 34.7. The Hall–Kier alpha value is -10.1. The normalized spacial score (nSPS) is 23.3. The summed E-state index contributed by atoms with van der Waals surface area (Å²) in [4.78, 5) is 192. The van der Waals surface area contributed by atoms with Crippen LogP contribution in [0.4, 0.5) is 0 Å². The van der Waals surface area contributed by atoms with Crippen molar-refractivity contribution in [3.63, 3.8) is 0 Å². The van der Waals surface area contributed by atoms with Crippen molar-refractivity contribution in [1.82, 2.24) is 36.8 Å². The average Bonchev–Trinajstić information content (AvgIpc) is 0.796. The van der Waals surface area contributed by atoms with Crippen molar-refractivity contribution in [2.75, 3.05) is 106 Å². The van der Waals surface area contributed by atoms with Gasteiger partial charge in [-0.3, -0.25) is 76.8 Å². The maximum atomic E-state index is 14.8. The number of rotatable bonds is 46. The summed E-state index contributed by atoms with van der Waals surface area (Å²) in [7, 11) is 0. The van der Waals surface area contributed by atoms with Gasteiger partial charge < -0.3 is 122 Å². The predicted molar refractivity (Wildman–Crippen MR) is 383 cm³/mol. The maximum absolute atomic E-state index is 14.8. The lowest BCUT2D eigenvalue weighted by Crippen LogP contribution is -2.66. The Morgan fingerprint density at radius 3 is 1.05 bits per heavy atom. The van der Waals surface area contributed by atoms with Crippen LogP contribution in [0.3, 0.4) is 0 Å². The zero-order valence-corrected chi connectivity index (χ0v) is 65.5. The molecule has 41 heteroatoms. The quantitative estimate of drug-likeness (QED) is 0.0178. The summed E-state index contributed by atoms with van der Waals surface area (Å²) in [5.41, 5.74) is 1.42. The molecule has 2 aromatic rings. The van der Waals surface area contributed by atoms with Gasteiger partial charge in [0.25, 0.3) is 0 Å². The van der Waals surface area contributed by atoms with E-state index in [1.165, 1.54) is 18.7 Å². The highest BCUT2D eigenvalue weighted by Gasteiger charge is 2.54. The third-order valence-electron chi connectivity index (χ3n) is 16.3. The van der Waals surface area contributed by atoms with Gasteiger partial charge in [-0.25, -0.2) is 0 Å². The smallest absolute Gasteiger partial charge is 0.303 e. The van der Waals surface area contributed by atoms with Gasteiger partial charge >= 0.3 is 53.7 Å². The number of amides is 6. The van der Waals surface area contributed by atoms with Crippen molar-refractivity contribution >= 4 is 89.2 Å². The number of hydrogen-bond acceptors (Lipinski definition) is 35. The summed E-state index contributed by atoms with van der Waals surface area (Å²) in [5, 5.41) is 15.9. The SMILES string of the molecule is CC(=O)NC1C(OCCOCCNC(=O)CN(CC(=O)NCCOCCOC2OC(COC(C)=O)C(OC(C)=O)C(OC(C)=O)C2NC(C)=O)C(Cc2ccc(OCc3ccccc3)cc2)C(=O)NCOCCOC2OC(COC(C)=O)C(OC(C)=O)C(OC(C)=O)C2NC(C)=O)OC(COC(C)=O)C(OC(C)=O)C1OC(C)=O. The summed E-state index contributed by atoms with van der Waals surface area (Å²) in [6.45, 7) is 8.30. The summed E-state index contributed by atoms with van der Waals surface area (Å²) in [6.07, 6.45) is -16.6. The molecule has 0 spiro atoms. The van der Waals surface area contributed by atoms with Crippen molar-refractivity contribution in [1.29, 1.82) is 0 Å². The largest absolute Gasteiger partial charge is 0.489 e. The van der Waals surface area contributed by atoms with Gasteiger partial charge in [-0.1, -0.05) is 42.5 Å². The molecule has 3 aliphatic heterocycles. The van der Waals surface area contributed by atoms with Crippen LogP contribution in [0.5, 0.6) is 5.75 Å². The highest BCUT2D eigenvalue weighted by Crippen LogP contribution is 2.32. The molecule has 3 saturated heterocycles. The van der Waals surface area contributed by atoms with E-state index < -0.39 is 227 Å². The molecule has 634 valence electrons. The topological polar surface area (TPSA) is 507 Å². The van der Waals surface area contributed by atoms with Crippen LogP contribution >= 0.6 is 0 Å². The fraction of sp³-hybridized carbons (Fsp3) is 0.630. The van der Waals surface area contributed by atoms with Gasteiger partial charge in [0.2, 0.25) is 35.4 Å². The molecule has 6 N–H and O–H groups in total. The molecule has 0 saturated carbocycles. The highest BCUT2D eigenvalue weighted by molar-refractivity contribution is 5.86. The van der Waals surface area contributed by atoms with Crippen LogP contribution < -0.4 is 36.6 Å². The lowest BCUT2D eigenvalue weighted by atomic mass is 9.96. The number of carbonyl (C=O) groups excluding carboxylic acids is 15. The molecule has 2 aromatic carbocycles. The highest BCUT2D eigenvalue weighted by atomic mass is 16.7. The molecule has 3 heterocycles. The van der Waals surface area contributed by atoms with E-state index in [-0.39, 0.29) is 79.0 Å². The van der Waals surface area contributed by atoms with Crippen molar-refractivity contribution in [2.24, 2.45) is 0 Å². The number of benzene rings is 2. The van der Waals surface area contributed by atoms with Crippen LogP contribution in [0.15, 0.2) is 54.6 Å². The summed E-state index contributed by atoms with van der Waals surface area (Å²) in [5.74, 6) is -10.6. The standard InChI is InChI=1S/C73H103N7O34/c1-40(81)77-61-67(109-49(10)90)64(106-46(7)87)56(36-102-43(4)84)112-71(61)99-29-26-96-24-22-74-59(93)33-80(34-60(94)75-23-25-97-27-30-100-72-62(78-41(2)82)68(110-50(11)91)65(107-47(8)88)57(113-72)37-103-44(5)85)55(32-52-18-20-54(21-19-52)105-35-53-16-14-13-15-17-53)70(95)76-39-98-28-31-101-73-63(79-42(3)83)69(111-51(12)92)66(108-48(9)89)58(114-73)38-104-45(6)86/h13-21,55-58,61-69,71-73H,22-39H2,1-12H3,(H,74,93)(H,75,94)(H,76,95)(H,77,81)(H,78,82)(H,79,83). The number of nitrogens with zero attached hydrogens (tertiary/aromatic N) is 1. The van der Waals surface area contributed by atoms with Crippen LogP contribution in [-0.2, 0) is 170 Å². The van der Waals surface area contributed by atoms with E-state index in [0.29, 0.717) is 11.3 Å². The maximum Gasteiger partial charge on any atom is 0.303 e. The zero-order valence-electron chi connectivity index (χ0n) is 65.5. The molecular weight excluding hydrogens is 1520 g/mol. The molecule has 3 fully saturated rings. The van der Waals surface area contributed by atoms with E-state index >= 15 is 0 Å².